The van der Waals surface area contributed by atoms with Crippen molar-refractivity contribution in [1.29, 1.82) is 0 Å². The standard InChI is InChI=1S/C22H20F3N3O5/c1-33-21(32)16-12-28(9-10-29)20(31)18(16)27-17-8-3-2-7-15(17)19(30)26-14-6-4-5-13(11-14)22(23,24)25/h2-8,11,27,29H,9-10,12H2,1H3,(H,26,30). The van der Waals surface area contributed by atoms with Gasteiger partial charge in [0, 0.05) is 12.2 Å². The highest BCUT2D eigenvalue weighted by Gasteiger charge is 2.35. The summed E-state index contributed by atoms with van der Waals surface area (Å²) in [5, 5.41) is 14.3. The zero-order valence-electron chi connectivity index (χ0n) is 17.4. The summed E-state index contributed by atoms with van der Waals surface area (Å²) in [5.74, 6) is -2.05. The van der Waals surface area contributed by atoms with E-state index in [2.05, 4.69) is 10.6 Å². The topological polar surface area (TPSA) is 108 Å². The minimum absolute atomic E-state index is 0.0117. The number of hydrogen-bond donors (Lipinski definition) is 3. The van der Waals surface area contributed by atoms with Crippen LogP contribution in [0.1, 0.15) is 15.9 Å². The number of nitrogens with one attached hydrogen (secondary N) is 2. The number of carbonyl (C=O) groups is 3. The number of halogens is 3. The molecule has 0 unspecified atom stereocenters. The Morgan fingerprint density at radius 2 is 1.88 bits per heavy atom. The van der Waals surface area contributed by atoms with Crippen LogP contribution < -0.4 is 10.6 Å². The molecule has 0 spiro atoms. The van der Waals surface area contributed by atoms with Gasteiger partial charge in [-0.05, 0) is 30.3 Å². The average Bonchev–Trinajstić information content (AvgIpc) is 3.09. The molecule has 11 heteroatoms. The van der Waals surface area contributed by atoms with Crippen LogP contribution in [-0.2, 0) is 20.5 Å². The molecule has 0 bridgehead atoms. The van der Waals surface area contributed by atoms with Crippen molar-refractivity contribution in [2.75, 3.05) is 37.4 Å². The number of ether oxygens (including phenoxy) is 1. The molecule has 0 radical (unpaired) electrons. The fourth-order valence-electron chi connectivity index (χ4n) is 3.25. The lowest BCUT2D eigenvalue weighted by Gasteiger charge is -2.16. The number of alkyl halides is 3. The fraction of sp³-hybridized carbons (Fsp3) is 0.227. The van der Waals surface area contributed by atoms with Crippen LogP contribution in [0.4, 0.5) is 24.5 Å². The number of para-hydroxylation sites is 1. The third-order valence-electron chi connectivity index (χ3n) is 4.83. The molecular formula is C22H20F3N3O5. The van der Waals surface area contributed by atoms with E-state index >= 15 is 0 Å². The number of β-amino-alcohol motifs (C(OH)–C–C–N with tert-alkyl or cyclic N) is 1. The van der Waals surface area contributed by atoms with Gasteiger partial charge in [-0.25, -0.2) is 4.79 Å². The lowest BCUT2D eigenvalue weighted by molar-refractivity contribution is -0.138. The predicted octanol–water partition coefficient (Wildman–Crippen LogP) is 2.63. The minimum atomic E-state index is -4.57. The van der Waals surface area contributed by atoms with Crippen molar-refractivity contribution < 1.29 is 37.4 Å². The summed E-state index contributed by atoms with van der Waals surface area (Å²) < 4.78 is 43.6. The first-order valence-electron chi connectivity index (χ1n) is 9.72. The Bertz CT molecular complexity index is 1110. The molecule has 2 aromatic carbocycles. The summed E-state index contributed by atoms with van der Waals surface area (Å²) in [7, 11) is 1.16. The highest BCUT2D eigenvalue weighted by atomic mass is 19.4. The van der Waals surface area contributed by atoms with Crippen LogP contribution >= 0.6 is 0 Å². The number of esters is 1. The molecule has 3 N–H and O–H groups in total. The number of benzene rings is 2. The second-order valence-corrected chi connectivity index (χ2v) is 7.00. The highest BCUT2D eigenvalue weighted by molar-refractivity contribution is 6.11. The molecule has 0 saturated heterocycles. The number of aliphatic hydroxyl groups excluding tert-OH is 1. The van der Waals surface area contributed by atoms with Crippen LogP contribution in [0.2, 0.25) is 0 Å². The summed E-state index contributed by atoms with van der Waals surface area (Å²) in [4.78, 5) is 38.9. The zero-order valence-corrected chi connectivity index (χ0v) is 17.4. The van der Waals surface area contributed by atoms with E-state index in [0.29, 0.717) is 0 Å². The molecule has 0 saturated carbocycles. The molecule has 1 heterocycles. The number of methoxy groups -OCH3 is 1. The van der Waals surface area contributed by atoms with E-state index in [4.69, 9.17) is 9.84 Å². The van der Waals surface area contributed by atoms with Crippen LogP contribution in [0.5, 0.6) is 0 Å². The molecule has 0 aromatic heterocycles. The number of rotatable bonds is 7. The summed E-state index contributed by atoms with van der Waals surface area (Å²) in [5.41, 5.74) is -0.901. The number of carbonyl (C=O) groups excluding carboxylic acids is 3. The third kappa shape index (κ3) is 5.32. The molecule has 0 fully saturated rings. The molecule has 0 atom stereocenters. The number of nitrogens with zero attached hydrogens (tertiary/aromatic N) is 1. The fourth-order valence-corrected chi connectivity index (χ4v) is 3.25. The van der Waals surface area contributed by atoms with Gasteiger partial charge in [-0.2, -0.15) is 13.2 Å². The zero-order chi connectivity index (χ0) is 24.2. The van der Waals surface area contributed by atoms with Gasteiger partial charge in [0.15, 0.2) is 0 Å². The Balaban J connectivity index is 1.89. The monoisotopic (exact) mass is 463 g/mol. The number of anilines is 2. The average molecular weight is 463 g/mol. The van der Waals surface area contributed by atoms with Crippen molar-refractivity contribution in [3.63, 3.8) is 0 Å². The normalized spacial score (nSPS) is 13.8. The Morgan fingerprint density at radius 3 is 2.55 bits per heavy atom. The first-order valence-corrected chi connectivity index (χ1v) is 9.72. The largest absolute Gasteiger partial charge is 0.466 e. The van der Waals surface area contributed by atoms with Crippen LogP contribution in [0.25, 0.3) is 0 Å². The maximum Gasteiger partial charge on any atom is 0.416 e. The van der Waals surface area contributed by atoms with Crippen LogP contribution in [0.3, 0.4) is 0 Å². The lowest BCUT2D eigenvalue weighted by atomic mass is 10.1. The third-order valence-corrected chi connectivity index (χ3v) is 4.83. The molecule has 33 heavy (non-hydrogen) atoms. The van der Waals surface area contributed by atoms with E-state index in [-0.39, 0.29) is 47.9 Å². The van der Waals surface area contributed by atoms with Gasteiger partial charge in [-0.3, -0.25) is 9.59 Å². The van der Waals surface area contributed by atoms with Crippen molar-refractivity contribution >= 4 is 29.2 Å². The second-order valence-electron chi connectivity index (χ2n) is 7.00. The van der Waals surface area contributed by atoms with Crippen LogP contribution in [0, 0.1) is 0 Å². The maximum atomic E-state index is 13.0. The Kier molecular flexibility index (Phi) is 7.02. The van der Waals surface area contributed by atoms with Gasteiger partial charge in [0.25, 0.3) is 11.8 Å². The van der Waals surface area contributed by atoms with Crippen molar-refractivity contribution in [1.82, 2.24) is 4.90 Å². The van der Waals surface area contributed by atoms with E-state index in [1.54, 1.807) is 6.07 Å². The molecule has 1 aliphatic heterocycles. The summed E-state index contributed by atoms with van der Waals surface area (Å²) in [6, 6.07) is 10.2. The second kappa shape index (κ2) is 9.74. The van der Waals surface area contributed by atoms with Gasteiger partial charge in [0.05, 0.1) is 42.6 Å². The summed E-state index contributed by atoms with van der Waals surface area (Å²) in [6.45, 7) is -0.418. The van der Waals surface area contributed by atoms with E-state index < -0.39 is 29.5 Å². The van der Waals surface area contributed by atoms with Crippen molar-refractivity contribution in [2.45, 2.75) is 6.18 Å². The van der Waals surface area contributed by atoms with E-state index in [1.807, 2.05) is 0 Å². The molecule has 2 aromatic rings. The van der Waals surface area contributed by atoms with Gasteiger partial charge in [0.2, 0.25) is 0 Å². The van der Waals surface area contributed by atoms with Gasteiger partial charge in [0.1, 0.15) is 5.70 Å². The number of aliphatic hydroxyl groups is 1. The Hall–Kier alpha value is -3.86. The minimum Gasteiger partial charge on any atom is -0.466 e. The predicted molar refractivity (Wildman–Crippen MR) is 112 cm³/mol. The molecule has 0 aliphatic carbocycles. The molecule has 3 rings (SSSR count). The molecule has 8 nitrogen and oxygen atoms in total. The van der Waals surface area contributed by atoms with Crippen LogP contribution in [-0.4, -0.2) is 54.6 Å². The first kappa shape index (κ1) is 23.8. The smallest absolute Gasteiger partial charge is 0.416 e. The molecule has 1 aliphatic rings. The Morgan fingerprint density at radius 1 is 1.15 bits per heavy atom. The van der Waals surface area contributed by atoms with Gasteiger partial charge >= 0.3 is 12.1 Å². The van der Waals surface area contributed by atoms with Gasteiger partial charge < -0.3 is 25.4 Å². The van der Waals surface area contributed by atoms with E-state index in [0.717, 1.165) is 19.2 Å². The van der Waals surface area contributed by atoms with Crippen molar-refractivity contribution in [2.24, 2.45) is 0 Å². The SMILES string of the molecule is COC(=O)C1=C(Nc2ccccc2C(=O)Nc2cccc(C(F)(F)F)c2)C(=O)N(CCO)C1. The summed E-state index contributed by atoms with van der Waals surface area (Å²) in [6.07, 6.45) is -4.57. The lowest BCUT2D eigenvalue weighted by Crippen LogP contribution is -2.31. The van der Waals surface area contributed by atoms with Crippen molar-refractivity contribution in [3.05, 3.63) is 70.9 Å². The Labute approximate surface area is 186 Å². The quantitative estimate of drug-likeness (QED) is 0.545. The number of amides is 2. The molecule has 174 valence electrons. The molecular weight excluding hydrogens is 443 g/mol. The van der Waals surface area contributed by atoms with Crippen LogP contribution in [0.15, 0.2) is 59.8 Å². The van der Waals surface area contributed by atoms with Gasteiger partial charge in [-0.1, -0.05) is 18.2 Å². The number of hydrogen-bond acceptors (Lipinski definition) is 6. The van der Waals surface area contributed by atoms with Gasteiger partial charge in [-0.15, -0.1) is 0 Å². The van der Waals surface area contributed by atoms with E-state index in [9.17, 15) is 27.6 Å². The van der Waals surface area contributed by atoms with Crippen molar-refractivity contribution in [3.8, 4) is 0 Å². The first-order chi connectivity index (χ1) is 15.7. The highest BCUT2D eigenvalue weighted by Crippen LogP contribution is 2.31. The maximum absolute atomic E-state index is 13.0. The van der Waals surface area contributed by atoms with E-state index in [1.165, 1.54) is 35.2 Å². The summed E-state index contributed by atoms with van der Waals surface area (Å²) >= 11 is 0. The molecule has 2 amide bonds.